The minimum absolute atomic E-state index is 0.116. The number of aromatic nitrogens is 1. The minimum atomic E-state index is -2.93. The lowest BCUT2D eigenvalue weighted by molar-refractivity contribution is 0.457. The average Bonchev–Trinajstić information content (AvgIpc) is 2.68. The van der Waals surface area contributed by atoms with E-state index in [1.165, 1.54) is 0 Å². The fourth-order valence-corrected chi connectivity index (χ4v) is 4.04. The van der Waals surface area contributed by atoms with E-state index in [4.69, 9.17) is 4.42 Å². The van der Waals surface area contributed by atoms with Crippen LogP contribution in [0.2, 0.25) is 0 Å². The van der Waals surface area contributed by atoms with Gasteiger partial charge in [-0.15, -0.1) is 0 Å². The van der Waals surface area contributed by atoms with Gasteiger partial charge in [0.15, 0.2) is 21.3 Å². The first-order valence-electron chi connectivity index (χ1n) is 6.01. The summed E-state index contributed by atoms with van der Waals surface area (Å²) >= 11 is 3.38. The first-order valence-corrected chi connectivity index (χ1v) is 8.62. The lowest BCUT2D eigenvalue weighted by Gasteiger charge is -2.22. The Morgan fingerprint density at radius 3 is 3.11 bits per heavy atom. The monoisotopic (exact) mass is 344 g/mol. The second kappa shape index (κ2) is 4.88. The zero-order valence-electron chi connectivity index (χ0n) is 10.1. The van der Waals surface area contributed by atoms with E-state index in [9.17, 15) is 8.42 Å². The van der Waals surface area contributed by atoms with Gasteiger partial charge in [0.1, 0.15) is 5.52 Å². The van der Waals surface area contributed by atoms with E-state index < -0.39 is 9.84 Å². The molecule has 7 heteroatoms. The minimum Gasteiger partial charge on any atom is -0.441 e. The van der Waals surface area contributed by atoms with Crippen molar-refractivity contribution < 1.29 is 12.8 Å². The number of rotatable bonds is 2. The standard InChI is InChI=1S/C12H13BrN2O3S/c13-8-1-2-11-10(5-8)15-12(18-11)6-9-7-19(16,17)4-3-14-9/h1-2,5,9,14H,3-4,6-7H2. The number of benzene rings is 1. The Labute approximate surface area is 119 Å². The summed E-state index contributed by atoms with van der Waals surface area (Å²) in [5, 5.41) is 3.19. The molecule has 2 heterocycles. The smallest absolute Gasteiger partial charge is 0.197 e. The average molecular weight is 345 g/mol. The Balaban J connectivity index is 1.81. The molecule has 0 saturated carbocycles. The van der Waals surface area contributed by atoms with Crippen molar-refractivity contribution in [1.82, 2.24) is 10.3 Å². The third-order valence-electron chi connectivity index (χ3n) is 3.12. The van der Waals surface area contributed by atoms with Crippen LogP contribution in [-0.2, 0) is 16.3 Å². The van der Waals surface area contributed by atoms with E-state index in [1.54, 1.807) is 0 Å². The van der Waals surface area contributed by atoms with E-state index in [0.717, 1.165) is 15.6 Å². The zero-order chi connectivity index (χ0) is 13.5. The summed E-state index contributed by atoms with van der Waals surface area (Å²) in [5.74, 6) is 0.932. The Morgan fingerprint density at radius 1 is 1.47 bits per heavy atom. The highest BCUT2D eigenvalue weighted by molar-refractivity contribution is 9.10. The summed E-state index contributed by atoms with van der Waals surface area (Å²) in [6.45, 7) is 0.499. The molecule has 1 aromatic heterocycles. The molecule has 1 unspecified atom stereocenters. The van der Waals surface area contributed by atoms with E-state index in [1.807, 2.05) is 18.2 Å². The summed E-state index contributed by atoms with van der Waals surface area (Å²) < 4.78 is 29.7. The molecule has 1 aromatic carbocycles. The Bertz CT molecular complexity index is 711. The first kappa shape index (κ1) is 13.1. The molecule has 0 bridgehead atoms. The summed E-state index contributed by atoms with van der Waals surface area (Å²) in [4.78, 5) is 4.38. The van der Waals surface area contributed by atoms with Crippen LogP contribution < -0.4 is 5.32 Å². The second-order valence-corrected chi connectivity index (χ2v) is 7.83. The van der Waals surface area contributed by atoms with E-state index in [-0.39, 0.29) is 17.5 Å². The van der Waals surface area contributed by atoms with Gasteiger partial charge < -0.3 is 9.73 Å². The van der Waals surface area contributed by atoms with Crippen LogP contribution in [0.25, 0.3) is 11.1 Å². The van der Waals surface area contributed by atoms with Gasteiger partial charge in [0.05, 0.1) is 11.5 Å². The maximum Gasteiger partial charge on any atom is 0.197 e. The molecule has 1 N–H and O–H groups in total. The molecule has 0 radical (unpaired) electrons. The van der Waals surface area contributed by atoms with Gasteiger partial charge in [-0.25, -0.2) is 13.4 Å². The van der Waals surface area contributed by atoms with Crippen LogP contribution in [0.15, 0.2) is 27.1 Å². The Kier molecular flexibility index (Phi) is 3.36. The highest BCUT2D eigenvalue weighted by Crippen LogP contribution is 2.21. The van der Waals surface area contributed by atoms with Crippen molar-refractivity contribution >= 4 is 36.9 Å². The molecule has 0 aliphatic carbocycles. The predicted molar refractivity (Wildman–Crippen MR) is 75.9 cm³/mol. The topological polar surface area (TPSA) is 72.2 Å². The van der Waals surface area contributed by atoms with Crippen molar-refractivity contribution in [3.05, 3.63) is 28.6 Å². The fourth-order valence-electron chi connectivity index (χ4n) is 2.24. The number of nitrogens with zero attached hydrogens (tertiary/aromatic N) is 1. The van der Waals surface area contributed by atoms with E-state index >= 15 is 0 Å². The highest BCUT2D eigenvalue weighted by atomic mass is 79.9. The summed E-state index contributed by atoms with van der Waals surface area (Å²) in [6, 6.07) is 5.50. The Hall–Kier alpha value is -0.920. The van der Waals surface area contributed by atoms with Crippen molar-refractivity contribution in [2.24, 2.45) is 0 Å². The fraction of sp³-hybridized carbons (Fsp3) is 0.417. The Morgan fingerprint density at radius 2 is 2.32 bits per heavy atom. The van der Waals surface area contributed by atoms with Crippen molar-refractivity contribution in [1.29, 1.82) is 0 Å². The zero-order valence-corrected chi connectivity index (χ0v) is 12.5. The van der Waals surface area contributed by atoms with Gasteiger partial charge in [-0.3, -0.25) is 0 Å². The second-order valence-electron chi connectivity index (χ2n) is 4.69. The molecule has 5 nitrogen and oxygen atoms in total. The third kappa shape index (κ3) is 2.98. The highest BCUT2D eigenvalue weighted by Gasteiger charge is 2.25. The van der Waals surface area contributed by atoms with Crippen molar-refractivity contribution in [3.8, 4) is 0 Å². The van der Waals surface area contributed by atoms with Crippen LogP contribution in [0.4, 0.5) is 0 Å². The van der Waals surface area contributed by atoms with Crippen LogP contribution >= 0.6 is 15.9 Å². The van der Waals surface area contributed by atoms with Crippen LogP contribution in [0.1, 0.15) is 5.89 Å². The SMILES string of the molecule is O=S1(=O)CCNC(Cc2nc3cc(Br)ccc3o2)C1. The van der Waals surface area contributed by atoms with Gasteiger partial charge in [0, 0.05) is 23.5 Å². The van der Waals surface area contributed by atoms with E-state index in [2.05, 4.69) is 26.2 Å². The van der Waals surface area contributed by atoms with Crippen LogP contribution in [-0.4, -0.2) is 37.5 Å². The summed E-state index contributed by atoms with van der Waals surface area (Å²) in [7, 11) is -2.93. The maximum atomic E-state index is 11.6. The lowest BCUT2D eigenvalue weighted by atomic mass is 10.2. The number of oxazole rings is 1. The molecular weight excluding hydrogens is 332 g/mol. The van der Waals surface area contributed by atoms with Gasteiger partial charge in [-0.05, 0) is 18.2 Å². The van der Waals surface area contributed by atoms with Crippen molar-refractivity contribution in [3.63, 3.8) is 0 Å². The molecule has 19 heavy (non-hydrogen) atoms. The molecule has 1 aliphatic heterocycles. The number of hydrogen-bond acceptors (Lipinski definition) is 5. The molecule has 2 aromatic rings. The number of halogens is 1. The molecule has 1 atom stereocenters. The van der Waals surface area contributed by atoms with Gasteiger partial charge in [0.2, 0.25) is 0 Å². The lowest BCUT2D eigenvalue weighted by Crippen LogP contribution is -2.46. The van der Waals surface area contributed by atoms with Crippen LogP contribution in [0.3, 0.4) is 0 Å². The number of sulfone groups is 1. The van der Waals surface area contributed by atoms with Gasteiger partial charge in [-0.2, -0.15) is 0 Å². The number of nitrogens with one attached hydrogen (secondary N) is 1. The molecule has 0 amide bonds. The first-order chi connectivity index (χ1) is 9.02. The van der Waals surface area contributed by atoms with Crippen molar-refractivity contribution in [2.45, 2.75) is 12.5 Å². The predicted octanol–water partition coefficient (Wildman–Crippen LogP) is 1.52. The molecule has 1 aliphatic rings. The normalized spacial score (nSPS) is 22.7. The third-order valence-corrected chi connectivity index (χ3v) is 5.35. The molecule has 1 saturated heterocycles. The van der Waals surface area contributed by atoms with E-state index in [0.29, 0.717) is 18.9 Å². The van der Waals surface area contributed by atoms with Crippen molar-refractivity contribution in [2.75, 3.05) is 18.1 Å². The van der Waals surface area contributed by atoms with Crippen LogP contribution in [0.5, 0.6) is 0 Å². The van der Waals surface area contributed by atoms with Gasteiger partial charge in [-0.1, -0.05) is 15.9 Å². The number of hydrogen-bond donors (Lipinski definition) is 1. The molecule has 1 fully saturated rings. The molecule has 3 rings (SSSR count). The van der Waals surface area contributed by atoms with Gasteiger partial charge >= 0.3 is 0 Å². The van der Waals surface area contributed by atoms with Gasteiger partial charge in [0.25, 0.3) is 0 Å². The molecule has 102 valence electrons. The quantitative estimate of drug-likeness (QED) is 0.894. The largest absolute Gasteiger partial charge is 0.441 e. The van der Waals surface area contributed by atoms with Crippen LogP contribution in [0, 0.1) is 0 Å². The summed E-state index contributed by atoms with van der Waals surface area (Å²) in [5.41, 5.74) is 1.50. The molecular formula is C12H13BrN2O3S. The number of fused-ring (bicyclic) bond motifs is 1. The maximum absolute atomic E-state index is 11.6. The molecule has 0 spiro atoms. The summed E-state index contributed by atoms with van der Waals surface area (Å²) in [6.07, 6.45) is 0.492.